The molecule has 4 aromatic rings. The molecule has 0 bridgehead atoms. The first kappa shape index (κ1) is 20.8. The molecule has 1 aromatic heterocycles. The predicted octanol–water partition coefficient (Wildman–Crippen LogP) is 4.68. The first-order valence-corrected chi connectivity index (χ1v) is 10.8. The molecule has 0 spiro atoms. The quantitative estimate of drug-likeness (QED) is 0.451. The van der Waals surface area contributed by atoms with Crippen molar-refractivity contribution < 1.29 is 14.3 Å². The highest BCUT2D eigenvalue weighted by Gasteiger charge is 2.40. The second kappa shape index (κ2) is 8.78. The van der Waals surface area contributed by atoms with Gasteiger partial charge in [0.1, 0.15) is 17.8 Å². The largest absolute Gasteiger partial charge is 0.497 e. The summed E-state index contributed by atoms with van der Waals surface area (Å²) in [5, 5.41) is 4.51. The van der Waals surface area contributed by atoms with Crippen molar-refractivity contribution in [1.82, 2.24) is 14.8 Å². The molecule has 0 N–H and O–H groups in total. The van der Waals surface area contributed by atoms with Crippen molar-refractivity contribution in [2.75, 3.05) is 19.1 Å². The molecule has 166 valence electrons. The van der Waals surface area contributed by atoms with E-state index in [-0.39, 0.29) is 18.0 Å². The summed E-state index contributed by atoms with van der Waals surface area (Å²) in [5.74, 6) is 1.75. The first-order valence-electron chi connectivity index (χ1n) is 10.8. The summed E-state index contributed by atoms with van der Waals surface area (Å²) in [5.41, 5.74) is 2.56. The summed E-state index contributed by atoms with van der Waals surface area (Å²) in [7, 11) is 3.25. The number of rotatable bonds is 5. The molecular weight excluding hydrogens is 416 g/mol. The number of benzene rings is 3. The minimum atomic E-state index is -0.239. The third-order valence-corrected chi connectivity index (χ3v) is 6.04. The number of fused-ring (bicyclic) bond motifs is 1. The van der Waals surface area contributed by atoms with Gasteiger partial charge in [0.2, 0.25) is 5.95 Å². The summed E-state index contributed by atoms with van der Waals surface area (Å²) in [6.07, 6.45) is 2.12. The van der Waals surface area contributed by atoms with Crippen molar-refractivity contribution in [3.05, 3.63) is 102 Å². The minimum absolute atomic E-state index is 0.141. The number of methoxy groups -OCH3 is 2. The van der Waals surface area contributed by atoms with Gasteiger partial charge in [0.25, 0.3) is 5.91 Å². The fraction of sp³-hybridized carbons (Fsp3) is 0.192. The number of hydrogen-bond donors (Lipinski definition) is 0. The van der Waals surface area contributed by atoms with E-state index in [2.05, 4.69) is 10.1 Å². The van der Waals surface area contributed by atoms with E-state index in [0.29, 0.717) is 23.7 Å². The van der Waals surface area contributed by atoms with Crippen LogP contribution >= 0.6 is 0 Å². The molecule has 3 aromatic carbocycles. The van der Waals surface area contributed by atoms with Gasteiger partial charge in [-0.25, -0.2) is 4.68 Å². The molecule has 7 nitrogen and oxygen atoms in total. The Morgan fingerprint density at radius 2 is 1.70 bits per heavy atom. The van der Waals surface area contributed by atoms with E-state index in [1.807, 2.05) is 71.4 Å². The molecule has 0 saturated carbocycles. The smallest absolute Gasteiger partial charge is 0.261 e. The van der Waals surface area contributed by atoms with Crippen molar-refractivity contribution >= 4 is 11.9 Å². The maximum Gasteiger partial charge on any atom is 0.261 e. The number of ether oxygens (including phenoxy) is 2. The van der Waals surface area contributed by atoms with E-state index in [0.717, 1.165) is 16.9 Å². The van der Waals surface area contributed by atoms with Gasteiger partial charge in [0, 0.05) is 11.1 Å². The van der Waals surface area contributed by atoms with Crippen LogP contribution in [0.25, 0.3) is 0 Å². The highest BCUT2D eigenvalue weighted by atomic mass is 16.5. The van der Waals surface area contributed by atoms with Gasteiger partial charge in [-0.3, -0.25) is 9.69 Å². The average molecular weight is 441 g/mol. The molecule has 33 heavy (non-hydrogen) atoms. The highest BCUT2D eigenvalue weighted by Crippen LogP contribution is 2.44. The molecule has 0 saturated heterocycles. The maximum atomic E-state index is 13.8. The monoisotopic (exact) mass is 440 g/mol. The Labute approximate surface area is 192 Å². The number of para-hydroxylation sites is 1. The summed E-state index contributed by atoms with van der Waals surface area (Å²) in [6, 6.07) is 24.7. The molecular formula is C26H24N4O3. The fourth-order valence-corrected chi connectivity index (χ4v) is 4.48. The van der Waals surface area contributed by atoms with Crippen LogP contribution in [0.4, 0.5) is 5.95 Å². The third kappa shape index (κ3) is 3.71. The minimum Gasteiger partial charge on any atom is -0.497 e. The Kier molecular flexibility index (Phi) is 5.52. The van der Waals surface area contributed by atoms with Crippen LogP contribution in [-0.4, -0.2) is 34.9 Å². The second-order valence-corrected chi connectivity index (χ2v) is 7.83. The number of aromatic nitrogens is 3. The molecule has 0 fully saturated rings. The van der Waals surface area contributed by atoms with Crippen LogP contribution in [0.5, 0.6) is 11.5 Å². The Hall–Kier alpha value is -4.13. The third-order valence-electron chi connectivity index (χ3n) is 6.04. The number of carbonyl (C=O) groups is 1. The molecule has 7 heteroatoms. The zero-order valence-corrected chi connectivity index (χ0v) is 18.5. The van der Waals surface area contributed by atoms with Gasteiger partial charge in [-0.2, -0.15) is 10.1 Å². The average Bonchev–Trinajstić information content (AvgIpc) is 3.38. The van der Waals surface area contributed by atoms with Crippen LogP contribution in [0, 0.1) is 0 Å². The SMILES string of the molecule is COc1cccc(C(=O)N2c3ncnn3[C@@H](c3ccccc3OC)C[C@H]2c2ccccc2)c1. The molecule has 1 aliphatic rings. The molecule has 2 heterocycles. The summed E-state index contributed by atoms with van der Waals surface area (Å²) in [6.45, 7) is 0. The second-order valence-electron chi connectivity index (χ2n) is 7.83. The first-order chi connectivity index (χ1) is 16.2. The standard InChI is InChI=1S/C26H24N4O3/c1-32-20-12-8-11-19(15-20)25(31)29-22(18-9-4-3-5-10-18)16-23(30-26(29)27-17-28-30)21-13-6-7-14-24(21)33-2/h3-15,17,22-23H,16H2,1-2H3/t22-,23+/m0/s1. The van der Waals surface area contributed by atoms with Gasteiger partial charge in [-0.1, -0.05) is 54.6 Å². The lowest BCUT2D eigenvalue weighted by molar-refractivity contribution is 0.0962. The van der Waals surface area contributed by atoms with Crippen LogP contribution < -0.4 is 14.4 Å². The summed E-state index contributed by atoms with van der Waals surface area (Å²) >= 11 is 0. The van der Waals surface area contributed by atoms with Gasteiger partial charge in [-0.15, -0.1) is 0 Å². The number of amides is 1. The van der Waals surface area contributed by atoms with Crippen molar-refractivity contribution in [3.63, 3.8) is 0 Å². The van der Waals surface area contributed by atoms with Crippen molar-refractivity contribution in [2.24, 2.45) is 0 Å². The number of hydrogen-bond acceptors (Lipinski definition) is 5. The van der Waals surface area contributed by atoms with E-state index in [1.54, 1.807) is 31.3 Å². The zero-order chi connectivity index (χ0) is 22.8. The van der Waals surface area contributed by atoms with Gasteiger partial charge in [-0.05, 0) is 36.2 Å². The lowest BCUT2D eigenvalue weighted by Crippen LogP contribution is -2.42. The summed E-state index contributed by atoms with van der Waals surface area (Å²) < 4.78 is 12.8. The number of carbonyl (C=O) groups excluding carboxylic acids is 1. The number of anilines is 1. The van der Waals surface area contributed by atoms with Crippen LogP contribution in [0.15, 0.2) is 85.2 Å². The Bertz CT molecular complexity index is 1270. The van der Waals surface area contributed by atoms with Crippen molar-refractivity contribution in [3.8, 4) is 11.5 Å². The molecule has 0 aliphatic carbocycles. The van der Waals surface area contributed by atoms with Crippen molar-refractivity contribution in [2.45, 2.75) is 18.5 Å². The maximum absolute atomic E-state index is 13.8. The van der Waals surface area contributed by atoms with E-state index >= 15 is 0 Å². The van der Waals surface area contributed by atoms with Crippen LogP contribution in [0.1, 0.15) is 40.0 Å². The normalized spacial score (nSPS) is 17.3. The lowest BCUT2D eigenvalue weighted by atomic mass is 9.91. The molecule has 0 unspecified atom stereocenters. The Morgan fingerprint density at radius 3 is 2.48 bits per heavy atom. The summed E-state index contributed by atoms with van der Waals surface area (Å²) in [4.78, 5) is 20.1. The fourth-order valence-electron chi connectivity index (χ4n) is 4.48. The lowest BCUT2D eigenvalue weighted by Gasteiger charge is -2.39. The topological polar surface area (TPSA) is 69.5 Å². The van der Waals surface area contributed by atoms with Gasteiger partial charge in [0.05, 0.1) is 26.3 Å². The number of nitrogens with zero attached hydrogens (tertiary/aromatic N) is 4. The van der Waals surface area contributed by atoms with E-state index in [1.165, 1.54) is 6.33 Å². The molecule has 5 rings (SSSR count). The Balaban J connectivity index is 1.66. The van der Waals surface area contributed by atoms with Crippen molar-refractivity contribution in [1.29, 1.82) is 0 Å². The van der Waals surface area contributed by atoms with Crippen LogP contribution in [0.2, 0.25) is 0 Å². The molecule has 0 radical (unpaired) electrons. The zero-order valence-electron chi connectivity index (χ0n) is 18.5. The van der Waals surface area contributed by atoms with Crippen LogP contribution in [-0.2, 0) is 0 Å². The van der Waals surface area contributed by atoms with E-state index < -0.39 is 0 Å². The van der Waals surface area contributed by atoms with Gasteiger partial charge < -0.3 is 9.47 Å². The molecule has 2 atom stereocenters. The van der Waals surface area contributed by atoms with Gasteiger partial charge in [0.15, 0.2) is 0 Å². The molecule has 1 amide bonds. The molecule has 1 aliphatic heterocycles. The van der Waals surface area contributed by atoms with Crippen LogP contribution in [0.3, 0.4) is 0 Å². The highest BCUT2D eigenvalue weighted by molar-refractivity contribution is 6.06. The van der Waals surface area contributed by atoms with Gasteiger partial charge >= 0.3 is 0 Å². The van der Waals surface area contributed by atoms with E-state index in [9.17, 15) is 4.79 Å². The van der Waals surface area contributed by atoms with E-state index in [4.69, 9.17) is 9.47 Å². The predicted molar refractivity (Wildman–Crippen MR) is 125 cm³/mol. The Morgan fingerprint density at radius 1 is 0.909 bits per heavy atom.